The Kier molecular flexibility index (Phi) is 5.23. The van der Waals surface area contributed by atoms with E-state index in [4.69, 9.17) is 5.11 Å². The van der Waals surface area contributed by atoms with Crippen molar-refractivity contribution in [3.05, 3.63) is 83.1 Å². The lowest BCUT2D eigenvalue weighted by atomic mass is 10.1. The quantitative estimate of drug-likeness (QED) is 0.733. The van der Waals surface area contributed by atoms with E-state index in [1.54, 1.807) is 12.1 Å². The highest BCUT2D eigenvalue weighted by Crippen LogP contribution is 2.14. The van der Waals surface area contributed by atoms with E-state index in [-0.39, 0.29) is 12.4 Å². The normalized spacial score (nSPS) is 10.6. The number of pyridine rings is 1. The summed E-state index contributed by atoms with van der Waals surface area (Å²) < 4.78 is 26.2. The van der Waals surface area contributed by atoms with Crippen molar-refractivity contribution in [3.8, 4) is 0 Å². The van der Waals surface area contributed by atoms with E-state index in [2.05, 4.69) is 20.3 Å². The van der Waals surface area contributed by atoms with E-state index in [1.165, 1.54) is 24.7 Å². The Morgan fingerprint density at radius 3 is 2.23 bits per heavy atom. The fourth-order valence-corrected chi connectivity index (χ4v) is 2.21. The van der Waals surface area contributed by atoms with Crippen LogP contribution in [0.4, 0.5) is 14.6 Å². The summed E-state index contributed by atoms with van der Waals surface area (Å²) in [4.78, 5) is 23.9. The first kappa shape index (κ1) is 17.6. The number of rotatable bonds is 5. The van der Waals surface area contributed by atoms with Gasteiger partial charge in [-0.3, -0.25) is 4.79 Å². The summed E-state index contributed by atoms with van der Waals surface area (Å²) in [5, 5.41) is 11.5. The Morgan fingerprint density at radius 2 is 1.62 bits per heavy atom. The molecular formula is C18H14F2N4O2. The molecule has 0 spiro atoms. The molecule has 0 atom stereocenters. The first-order valence-electron chi connectivity index (χ1n) is 7.67. The molecule has 6 nitrogen and oxygen atoms in total. The topological polar surface area (TPSA) is 88.0 Å². The standard InChI is InChI=1S/C18H14F2N4O2/c19-14-3-1-11(6-15(14)20)5-12-2-4-16(21-7-12)24-18(26)17-22-8-13(10-25)9-23-17/h1-4,6-9,25H,5,10H2,(H,21,24,26). The minimum atomic E-state index is -0.897. The molecule has 0 aliphatic rings. The number of hydrogen-bond donors (Lipinski definition) is 2. The molecule has 1 amide bonds. The average molecular weight is 356 g/mol. The van der Waals surface area contributed by atoms with Gasteiger partial charge in [-0.15, -0.1) is 0 Å². The molecule has 0 saturated heterocycles. The van der Waals surface area contributed by atoms with Crippen molar-refractivity contribution >= 4 is 11.7 Å². The number of anilines is 1. The predicted molar refractivity (Wildman–Crippen MR) is 89.3 cm³/mol. The smallest absolute Gasteiger partial charge is 0.294 e. The van der Waals surface area contributed by atoms with Gasteiger partial charge in [0.05, 0.1) is 6.61 Å². The maximum atomic E-state index is 13.2. The summed E-state index contributed by atoms with van der Waals surface area (Å²) in [7, 11) is 0. The first-order valence-corrected chi connectivity index (χ1v) is 7.67. The van der Waals surface area contributed by atoms with Crippen LogP contribution in [0.25, 0.3) is 0 Å². The van der Waals surface area contributed by atoms with Crippen LogP contribution in [-0.4, -0.2) is 26.0 Å². The number of nitrogens with one attached hydrogen (secondary N) is 1. The number of hydrogen-bond acceptors (Lipinski definition) is 5. The van der Waals surface area contributed by atoms with E-state index >= 15 is 0 Å². The van der Waals surface area contributed by atoms with E-state index in [9.17, 15) is 13.6 Å². The van der Waals surface area contributed by atoms with Gasteiger partial charge in [-0.1, -0.05) is 12.1 Å². The molecule has 2 N–H and O–H groups in total. The van der Waals surface area contributed by atoms with Gasteiger partial charge < -0.3 is 10.4 Å². The molecule has 0 radical (unpaired) electrons. The van der Waals surface area contributed by atoms with Crippen LogP contribution in [0.1, 0.15) is 27.3 Å². The molecule has 3 aromatic rings. The largest absolute Gasteiger partial charge is 0.392 e. The van der Waals surface area contributed by atoms with Gasteiger partial charge >= 0.3 is 0 Å². The second-order valence-corrected chi connectivity index (χ2v) is 5.50. The first-order chi connectivity index (χ1) is 12.5. The Labute approximate surface area is 147 Å². The van der Waals surface area contributed by atoms with Crippen LogP contribution < -0.4 is 5.32 Å². The number of carbonyl (C=O) groups excluding carboxylic acids is 1. The molecule has 0 fully saturated rings. The third-order valence-corrected chi connectivity index (χ3v) is 3.55. The zero-order valence-corrected chi connectivity index (χ0v) is 13.5. The van der Waals surface area contributed by atoms with Gasteiger partial charge in [0.15, 0.2) is 11.6 Å². The van der Waals surface area contributed by atoms with Crippen molar-refractivity contribution < 1.29 is 18.7 Å². The number of amides is 1. The molecule has 1 aromatic carbocycles. The van der Waals surface area contributed by atoms with Gasteiger partial charge in [0.1, 0.15) is 5.82 Å². The van der Waals surface area contributed by atoms with Gasteiger partial charge in [-0.05, 0) is 35.7 Å². The summed E-state index contributed by atoms with van der Waals surface area (Å²) in [5.41, 5.74) is 1.89. The van der Waals surface area contributed by atoms with Crippen molar-refractivity contribution in [1.82, 2.24) is 15.0 Å². The fourth-order valence-electron chi connectivity index (χ4n) is 2.21. The maximum absolute atomic E-state index is 13.2. The molecule has 3 rings (SSSR count). The van der Waals surface area contributed by atoms with Crippen LogP contribution in [0.15, 0.2) is 48.9 Å². The second-order valence-electron chi connectivity index (χ2n) is 5.50. The van der Waals surface area contributed by atoms with Crippen LogP contribution in [0.5, 0.6) is 0 Å². The average Bonchev–Trinajstić information content (AvgIpc) is 2.66. The Morgan fingerprint density at radius 1 is 0.923 bits per heavy atom. The highest BCUT2D eigenvalue weighted by Gasteiger charge is 2.10. The lowest BCUT2D eigenvalue weighted by molar-refractivity contribution is 0.101. The van der Waals surface area contributed by atoms with E-state index in [0.29, 0.717) is 23.4 Å². The van der Waals surface area contributed by atoms with Crippen LogP contribution in [0, 0.1) is 11.6 Å². The molecule has 8 heteroatoms. The van der Waals surface area contributed by atoms with E-state index < -0.39 is 17.5 Å². The fraction of sp³-hybridized carbons (Fsp3) is 0.111. The van der Waals surface area contributed by atoms with Gasteiger partial charge in [-0.2, -0.15) is 0 Å². The molecule has 0 unspecified atom stereocenters. The molecule has 132 valence electrons. The molecule has 2 heterocycles. The van der Waals surface area contributed by atoms with Crippen molar-refractivity contribution in [2.45, 2.75) is 13.0 Å². The number of benzene rings is 1. The third kappa shape index (κ3) is 4.22. The van der Waals surface area contributed by atoms with Crippen LogP contribution in [-0.2, 0) is 13.0 Å². The molecule has 0 saturated carbocycles. The minimum Gasteiger partial charge on any atom is -0.392 e. The van der Waals surface area contributed by atoms with E-state index in [1.807, 2.05) is 0 Å². The Balaban J connectivity index is 1.65. The van der Waals surface area contributed by atoms with Crippen LogP contribution in [0.3, 0.4) is 0 Å². The summed E-state index contributed by atoms with van der Waals surface area (Å²) in [5.74, 6) is -2.06. The third-order valence-electron chi connectivity index (χ3n) is 3.55. The maximum Gasteiger partial charge on any atom is 0.294 e. The molecule has 2 aromatic heterocycles. The van der Waals surface area contributed by atoms with Crippen LogP contribution >= 0.6 is 0 Å². The van der Waals surface area contributed by atoms with E-state index in [0.717, 1.165) is 17.7 Å². The lowest BCUT2D eigenvalue weighted by Gasteiger charge is -2.06. The summed E-state index contributed by atoms with van der Waals surface area (Å²) in [6.45, 7) is -0.205. The van der Waals surface area contributed by atoms with Crippen molar-refractivity contribution in [2.24, 2.45) is 0 Å². The van der Waals surface area contributed by atoms with Crippen molar-refractivity contribution in [1.29, 1.82) is 0 Å². The van der Waals surface area contributed by atoms with Gasteiger partial charge in [0, 0.05) is 24.2 Å². The number of aromatic nitrogens is 3. The summed E-state index contributed by atoms with van der Waals surface area (Å²) in [6, 6.07) is 7.03. The molecule has 0 aliphatic heterocycles. The summed E-state index contributed by atoms with van der Waals surface area (Å²) >= 11 is 0. The molecule has 26 heavy (non-hydrogen) atoms. The monoisotopic (exact) mass is 356 g/mol. The summed E-state index contributed by atoms with van der Waals surface area (Å²) in [6.07, 6.45) is 4.64. The molecular weight excluding hydrogens is 342 g/mol. The SMILES string of the molecule is O=C(Nc1ccc(Cc2ccc(F)c(F)c2)cn1)c1ncc(CO)cn1. The van der Waals surface area contributed by atoms with Gasteiger partial charge in [-0.25, -0.2) is 23.7 Å². The van der Waals surface area contributed by atoms with Crippen molar-refractivity contribution in [2.75, 3.05) is 5.32 Å². The van der Waals surface area contributed by atoms with Gasteiger partial charge in [0.25, 0.3) is 5.91 Å². The zero-order chi connectivity index (χ0) is 18.5. The highest BCUT2D eigenvalue weighted by molar-refractivity contribution is 6.00. The second kappa shape index (κ2) is 7.75. The Hall–Kier alpha value is -3.26. The molecule has 0 bridgehead atoms. The van der Waals surface area contributed by atoms with Gasteiger partial charge in [0.2, 0.25) is 5.82 Å². The number of aliphatic hydroxyl groups is 1. The highest BCUT2D eigenvalue weighted by atomic mass is 19.2. The van der Waals surface area contributed by atoms with Crippen LogP contribution in [0.2, 0.25) is 0 Å². The minimum absolute atomic E-state index is 0.0464. The number of aliphatic hydroxyl groups excluding tert-OH is 1. The number of nitrogens with zero attached hydrogens (tertiary/aromatic N) is 3. The van der Waals surface area contributed by atoms with Crippen molar-refractivity contribution in [3.63, 3.8) is 0 Å². The lowest BCUT2D eigenvalue weighted by Crippen LogP contribution is -2.16. The molecule has 0 aliphatic carbocycles. The predicted octanol–water partition coefficient (Wildman–Crippen LogP) is 2.49. The number of halogens is 2. The number of carbonyl (C=O) groups is 1. The Bertz CT molecular complexity index is 915. The zero-order valence-electron chi connectivity index (χ0n) is 13.5.